The van der Waals surface area contributed by atoms with Gasteiger partial charge in [0.05, 0.1) is 15.6 Å². The fourth-order valence-corrected chi connectivity index (χ4v) is 3.41. The summed E-state index contributed by atoms with van der Waals surface area (Å²) in [7, 11) is 0. The third-order valence-electron chi connectivity index (χ3n) is 3.32. The monoisotopic (exact) mass is 296 g/mol. The van der Waals surface area contributed by atoms with Gasteiger partial charge in [0.25, 0.3) is 0 Å². The van der Waals surface area contributed by atoms with Gasteiger partial charge >= 0.3 is 0 Å². The van der Waals surface area contributed by atoms with E-state index >= 15 is 0 Å². The lowest BCUT2D eigenvalue weighted by atomic mass is 10.2. The Morgan fingerprint density at radius 3 is 2.63 bits per heavy atom. The molecule has 4 nitrogen and oxygen atoms in total. The summed E-state index contributed by atoms with van der Waals surface area (Å²) in [4.78, 5) is 5.84. The van der Waals surface area contributed by atoms with Crippen LogP contribution in [0, 0.1) is 4.77 Å². The molecule has 0 amide bonds. The highest BCUT2D eigenvalue weighted by molar-refractivity contribution is 7.71. The molecule has 1 atom stereocenters. The fraction of sp³-hybridized carbons (Fsp3) is 0.615. The fourth-order valence-electron chi connectivity index (χ4n) is 2.02. The first kappa shape index (κ1) is 14.4. The first-order chi connectivity index (χ1) is 9.12. The predicted molar refractivity (Wildman–Crippen MR) is 82.3 cm³/mol. The Balaban J connectivity index is 2.59. The van der Waals surface area contributed by atoms with Crippen LogP contribution >= 0.6 is 23.6 Å². The van der Waals surface area contributed by atoms with E-state index in [0.717, 1.165) is 40.7 Å². The SMILES string of the molecule is CCc1nc(CC)c(-c2n[nH]c(=S)n2C(C)CC)s1. The van der Waals surface area contributed by atoms with Crippen molar-refractivity contribution in [1.82, 2.24) is 19.7 Å². The molecule has 2 aromatic heterocycles. The molecule has 2 heterocycles. The Hall–Kier alpha value is -1.01. The molecular formula is C13H20N4S2. The van der Waals surface area contributed by atoms with Crippen molar-refractivity contribution in [2.45, 2.75) is 53.0 Å². The second-order valence-corrected chi connectivity index (χ2v) is 6.04. The molecule has 1 N–H and O–H groups in total. The lowest BCUT2D eigenvalue weighted by Gasteiger charge is -2.12. The van der Waals surface area contributed by atoms with Gasteiger partial charge in [0.2, 0.25) is 0 Å². The lowest BCUT2D eigenvalue weighted by molar-refractivity contribution is 0.529. The zero-order valence-corrected chi connectivity index (χ0v) is 13.5. The summed E-state index contributed by atoms with van der Waals surface area (Å²) >= 11 is 7.09. The van der Waals surface area contributed by atoms with Crippen LogP contribution in [-0.4, -0.2) is 19.7 Å². The molecule has 0 saturated carbocycles. The Labute approximate surface area is 122 Å². The summed E-state index contributed by atoms with van der Waals surface area (Å²) in [5.74, 6) is 0.938. The van der Waals surface area contributed by atoms with Gasteiger partial charge in [0.1, 0.15) is 0 Å². The Morgan fingerprint density at radius 1 is 1.32 bits per heavy atom. The summed E-state index contributed by atoms with van der Waals surface area (Å²) in [5.41, 5.74) is 1.13. The number of hydrogen-bond acceptors (Lipinski definition) is 4. The molecule has 1 unspecified atom stereocenters. The van der Waals surface area contributed by atoms with E-state index in [1.807, 2.05) is 0 Å². The van der Waals surface area contributed by atoms with Crippen LogP contribution in [0.2, 0.25) is 0 Å². The minimum absolute atomic E-state index is 0.345. The average Bonchev–Trinajstić information content (AvgIpc) is 3.00. The molecule has 0 aromatic carbocycles. The van der Waals surface area contributed by atoms with Crippen LogP contribution in [-0.2, 0) is 12.8 Å². The molecule has 2 rings (SSSR count). The normalized spacial score (nSPS) is 12.8. The van der Waals surface area contributed by atoms with Gasteiger partial charge in [-0.15, -0.1) is 11.3 Å². The zero-order valence-electron chi connectivity index (χ0n) is 11.9. The number of aryl methyl sites for hydroxylation is 2. The van der Waals surface area contributed by atoms with E-state index in [4.69, 9.17) is 12.2 Å². The first-order valence-electron chi connectivity index (χ1n) is 6.78. The maximum atomic E-state index is 5.36. The van der Waals surface area contributed by atoms with Crippen molar-refractivity contribution in [3.8, 4) is 10.7 Å². The summed E-state index contributed by atoms with van der Waals surface area (Å²) in [6.45, 7) is 8.59. The number of aromatic nitrogens is 4. The minimum atomic E-state index is 0.345. The summed E-state index contributed by atoms with van der Waals surface area (Å²) in [6.07, 6.45) is 2.92. The van der Waals surface area contributed by atoms with Crippen LogP contribution in [0.5, 0.6) is 0 Å². The van der Waals surface area contributed by atoms with E-state index in [2.05, 4.69) is 47.4 Å². The smallest absolute Gasteiger partial charge is 0.195 e. The van der Waals surface area contributed by atoms with Gasteiger partial charge < -0.3 is 0 Å². The molecule has 0 saturated heterocycles. The van der Waals surface area contributed by atoms with Gasteiger partial charge in [-0.25, -0.2) is 4.98 Å². The van der Waals surface area contributed by atoms with Crippen molar-refractivity contribution in [2.75, 3.05) is 0 Å². The molecule has 0 aliphatic rings. The third kappa shape index (κ3) is 2.65. The molecule has 19 heavy (non-hydrogen) atoms. The highest BCUT2D eigenvalue weighted by Crippen LogP contribution is 2.31. The van der Waals surface area contributed by atoms with Crippen LogP contribution < -0.4 is 0 Å². The second-order valence-electron chi connectivity index (χ2n) is 4.57. The van der Waals surface area contributed by atoms with E-state index in [1.54, 1.807) is 11.3 Å². The quantitative estimate of drug-likeness (QED) is 0.843. The van der Waals surface area contributed by atoms with Crippen molar-refractivity contribution in [3.63, 3.8) is 0 Å². The van der Waals surface area contributed by atoms with E-state index in [9.17, 15) is 0 Å². The summed E-state index contributed by atoms with van der Waals surface area (Å²) in [6, 6.07) is 0.345. The Morgan fingerprint density at radius 2 is 2.05 bits per heavy atom. The highest BCUT2D eigenvalue weighted by atomic mass is 32.1. The van der Waals surface area contributed by atoms with Gasteiger partial charge in [-0.1, -0.05) is 20.8 Å². The van der Waals surface area contributed by atoms with Gasteiger partial charge in [0, 0.05) is 6.04 Å². The molecule has 0 spiro atoms. The number of rotatable bonds is 5. The standard InChI is InChI=1S/C13H20N4S2/c1-5-8(4)17-12(15-16-13(17)18)11-9(6-2)14-10(7-3)19-11/h8H,5-7H2,1-4H3,(H,16,18). The van der Waals surface area contributed by atoms with E-state index in [0.29, 0.717) is 10.8 Å². The van der Waals surface area contributed by atoms with Crippen LogP contribution in [0.25, 0.3) is 10.7 Å². The van der Waals surface area contributed by atoms with Crippen LogP contribution in [0.15, 0.2) is 0 Å². The van der Waals surface area contributed by atoms with Crippen molar-refractivity contribution < 1.29 is 0 Å². The molecule has 2 aromatic rings. The molecule has 0 aliphatic heterocycles. The molecule has 0 fully saturated rings. The van der Waals surface area contributed by atoms with Gasteiger partial charge in [-0.3, -0.25) is 9.67 Å². The summed E-state index contributed by atoms with van der Waals surface area (Å²) in [5, 5.41) is 8.52. The van der Waals surface area contributed by atoms with Crippen molar-refractivity contribution in [2.24, 2.45) is 0 Å². The Bertz CT molecular complexity index is 608. The van der Waals surface area contributed by atoms with Crippen LogP contribution in [0.4, 0.5) is 0 Å². The van der Waals surface area contributed by atoms with Crippen molar-refractivity contribution >= 4 is 23.6 Å². The predicted octanol–water partition coefficient (Wildman–Crippen LogP) is 4.16. The average molecular weight is 296 g/mol. The molecule has 0 radical (unpaired) electrons. The van der Waals surface area contributed by atoms with Gasteiger partial charge in [-0.05, 0) is 38.4 Å². The topological polar surface area (TPSA) is 46.5 Å². The van der Waals surface area contributed by atoms with Crippen LogP contribution in [0.3, 0.4) is 0 Å². The van der Waals surface area contributed by atoms with E-state index < -0.39 is 0 Å². The molecule has 0 aliphatic carbocycles. The molecule has 6 heteroatoms. The minimum Gasteiger partial charge on any atom is -0.297 e. The number of hydrogen-bond donors (Lipinski definition) is 1. The molecule has 0 bridgehead atoms. The van der Waals surface area contributed by atoms with Crippen LogP contribution in [0.1, 0.15) is 50.9 Å². The largest absolute Gasteiger partial charge is 0.297 e. The number of thiazole rings is 1. The second kappa shape index (κ2) is 5.96. The highest BCUT2D eigenvalue weighted by Gasteiger charge is 2.19. The van der Waals surface area contributed by atoms with E-state index in [1.165, 1.54) is 0 Å². The van der Waals surface area contributed by atoms with Crippen molar-refractivity contribution in [1.29, 1.82) is 0 Å². The molecule has 104 valence electrons. The number of nitrogens with one attached hydrogen (secondary N) is 1. The van der Waals surface area contributed by atoms with Gasteiger partial charge in [-0.2, -0.15) is 5.10 Å². The maximum absolute atomic E-state index is 5.36. The lowest BCUT2D eigenvalue weighted by Crippen LogP contribution is -2.06. The number of H-pyrrole nitrogens is 1. The summed E-state index contributed by atoms with van der Waals surface area (Å²) < 4.78 is 2.81. The third-order valence-corrected chi connectivity index (χ3v) is 4.84. The number of aromatic amines is 1. The first-order valence-corrected chi connectivity index (χ1v) is 8.00. The van der Waals surface area contributed by atoms with Crippen molar-refractivity contribution in [3.05, 3.63) is 15.5 Å². The number of nitrogens with zero attached hydrogens (tertiary/aromatic N) is 3. The van der Waals surface area contributed by atoms with E-state index in [-0.39, 0.29) is 0 Å². The van der Waals surface area contributed by atoms with Gasteiger partial charge in [0.15, 0.2) is 10.6 Å². The maximum Gasteiger partial charge on any atom is 0.195 e. The Kier molecular flexibility index (Phi) is 4.52. The molecular weight excluding hydrogens is 276 g/mol. The zero-order chi connectivity index (χ0) is 14.0.